The van der Waals surface area contributed by atoms with Crippen molar-refractivity contribution in [3.05, 3.63) is 68.0 Å². The molecule has 31 heavy (non-hydrogen) atoms. The summed E-state index contributed by atoms with van der Waals surface area (Å²) in [6.45, 7) is 6.54. The SMILES string of the molecule is Cc1ccc(C)c(N2CCN(S(=O)(=O)c3ccsc3C(=O)NCc3cccs3)CC2)c1. The fourth-order valence-electron chi connectivity index (χ4n) is 3.70. The number of amides is 1. The largest absolute Gasteiger partial charge is 0.369 e. The molecule has 0 saturated carbocycles. The van der Waals surface area contributed by atoms with Crippen LogP contribution in [-0.2, 0) is 16.6 Å². The van der Waals surface area contributed by atoms with Crippen molar-refractivity contribution in [1.82, 2.24) is 9.62 Å². The molecule has 1 saturated heterocycles. The fraction of sp³-hybridized carbons (Fsp3) is 0.318. The Bertz CT molecular complexity index is 1160. The minimum absolute atomic E-state index is 0.0985. The summed E-state index contributed by atoms with van der Waals surface area (Å²) in [5.41, 5.74) is 3.53. The van der Waals surface area contributed by atoms with Crippen molar-refractivity contribution in [2.45, 2.75) is 25.3 Å². The number of nitrogens with one attached hydrogen (secondary N) is 1. The van der Waals surface area contributed by atoms with E-state index >= 15 is 0 Å². The van der Waals surface area contributed by atoms with E-state index in [0.717, 1.165) is 21.9 Å². The van der Waals surface area contributed by atoms with Crippen molar-refractivity contribution in [3.63, 3.8) is 0 Å². The third kappa shape index (κ3) is 4.69. The Morgan fingerprint density at radius 3 is 2.52 bits per heavy atom. The summed E-state index contributed by atoms with van der Waals surface area (Å²) in [5, 5.41) is 6.44. The van der Waals surface area contributed by atoms with Crippen molar-refractivity contribution in [2.75, 3.05) is 31.1 Å². The standard InChI is InChI=1S/C22H25N3O3S3/c1-16-5-6-17(2)19(14-16)24-8-10-25(11-9-24)31(27,28)20-7-13-30-21(20)22(26)23-15-18-4-3-12-29-18/h3-7,12-14H,8-11,15H2,1-2H3,(H,23,26). The molecule has 164 valence electrons. The van der Waals surface area contributed by atoms with E-state index in [-0.39, 0.29) is 15.7 Å². The molecule has 0 spiro atoms. The number of rotatable bonds is 6. The molecule has 0 bridgehead atoms. The molecule has 0 atom stereocenters. The van der Waals surface area contributed by atoms with Crippen LogP contribution >= 0.6 is 22.7 Å². The highest BCUT2D eigenvalue weighted by Crippen LogP contribution is 2.28. The highest BCUT2D eigenvalue weighted by Gasteiger charge is 2.32. The lowest BCUT2D eigenvalue weighted by atomic mass is 10.1. The number of carbonyl (C=O) groups excluding carboxylic acids is 1. The van der Waals surface area contributed by atoms with E-state index < -0.39 is 10.0 Å². The summed E-state index contributed by atoms with van der Waals surface area (Å²) in [6.07, 6.45) is 0. The molecule has 1 fully saturated rings. The average Bonchev–Trinajstić information content (AvgIpc) is 3.46. The second-order valence-electron chi connectivity index (χ2n) is 7.56. The van der Waals surface area contributed by atoms with Gasteiger partial charge in [0.25, 0.3) is 5.91 Å². The van der Waals surface area contributed by atoms with Gasteiger partial charge in [0.2, 0.25) is 10.0 Å². The number of hydrogen-bond acceptors (Lipinski definition) is 6. The van der Waals surface area contributed by atoms with Gasteiger partial charge in [0.1, 0.15) is 9.77 Å². The fourth-order valence-corrected chi connectivity index (χ4v) is 7.08. The summed E-state index contributed by atoms with van der Waals surface area (Å²) >= 11 is 2.71. The van der Waals surface area contributed by atoms with Gasteiger partial charge in [0, 0.05) is 36.7 Å². The molecule has 9 heteroatoms. The summed E-state index contributed by atoms with van der Waals surface area (Å²) in [6, 6.07) is 11.7. The lowest BCUT2D eigenvalue weighted by Gasteiger charge is -2.36. The number of sulfonamides is 1. The quantitative estimate of drug-likeness (QED) is 0.588. The lowest BCUT2D eigenvalue weighted by Crippen LogP contribution is -2.49. The average molecular weight is 476 g/mol. The minimum atomic E-state index is -3.73. The van der Waals surface area contributed by atoms with Crippen molar-refractivity contribution in [1.29, 1.82) is 0 Å². The first-order valence-electron chi connectivity index (χ1n) is 10.1. The van der Waals surface area contributed by atoms with Crippen molar-refractivity contribution in [2.24, 2.45) is 0 Å². The second kappa shape index (κ2) is 9.12. The number of benzene rings is 1. The molecule has 2 aromatic heterocycles. The maximum Gasteiger partial charge on any atom is 0.263 e. The molecule has 1 N–H and O–H groups in total. The van der Waals surface area contributed by atoms with E-state index in [1.165, 1.54) is 21.5 Å². The van der Waals surface area contributed by atoms with Gasteiger partial charge in [-0.2, -0.15) is 4.31 Å². The van der Waals surface area contributed by atoms with Crippen molar-refractivity contribution < 1.29 is 13.2 Å². The molecule has 4 rings (SSSR count). The van der Waals surface area contributed by atoms with Gasteiger partial charge >= 0.3 is 0 Å². The van der Waals surface area contributed by atoms with E-state index in [9.17, 15) is 13.2 Å². The van der Waals surface area contributed by atoms with Gasteiger partial charge in [-0.05, 0) is 53.9 Å². The van der Waals surface area contributed by atoms with Crippen LogP contribution in [0.1, 0.15) is 25.7 Å². The zero-order valence-corrected chi connectivity index (χ0v) is 19.9. The normalized spacial score (nSPS) is 15.2. The molecule has 3 aromatic rings. The van der Waals surface area contributed by atoms with Gasteiger partial charge < -0.3 is 10.2 Å². The van der Waals surface area contributed by atoms with Crippen LogP contribution in [0.4, 0.5) is 5.69 Å². The molecule has 0 unspecified atom stereocenters. The van der Waals surface area contributed by atoms with Gasteiger partial charge in [0.15, 0.2) is 0 Å². The number of hydrogen-bond donors (Lipinski definition) is 1. The number of anilines is 1. The van der Waals surface area contributed by atoms with Crippen LogP contribution < -0.4 is 10.2 Å². The molecule has 1 aliphatic rings. The van der Waals surface area contributed by atoms with Gasteiger partial charge in [-0.3, -0.25) is 4.79 Å². The van der Waals surface area contributed by atoms with E-state index in [0.29, 0.717) is 32.7 Å². The molecule has 0 radical (unpaired) electrons. The van der Waals surface area contributed by atoms with E-state index in [1.54, 1.807) is 16.7 Å². The zero-order valence-electron chi connectivity index (χ0n) is 17.5. The van der Waals surface area contributed by atoms with E-state index in [2.05, 4.69) is 42.3 Å². The Morgan fingerprint density at radius 2 is 1.81 bits per heavy atom. The van der Waals surface area contributed by atoms with E-state index in [1.807, 2.05) is 17.5 Å². The number of nitrogens with zero attached hydrogens (tertiary/aromatic N) is 2. The minimum Gasteiger partial charge on any atom is -0.369 e. The van der Waals surface area contributed by atoms with Crippen LogP contribution in [0.5, 0.6) is 0 Å². The Balaban J connectivity index is 1.46. The Labute approximate surface area is 191 Å². The van der Waals surface area contributed by atoms with Gasteiger partial charge in [-0.15, -0.1) is 22.7 Å². The van der Waals surface area contributed by atoms with Gasteiger partial charge in [0.05, 0.1) is 6.54 Å². The van der Waals surface area contributed by atoms with Crippen LogP contribution in [0, 0.1) is 13.8 Å². The highest BCUT2D eigenvalue weighted by molar-refractivity contribution is 7.89. The Hall–Kier alpha value is -2.20. The molecule has 1 amide bonds. The van der Waals surface area contributed by atoms with Crippen LogP contribution in [0.25, 0.3) is 0 Å². The molecular weight excluding hydrogens is 450 g/mol. The van der Waals surface area contributed by atoms with Crippen molar-refractivity contribution in [3.8, 4) is 0 Å². The maximum absolute atomic E-state index is 13.3. The molecule has 6 nitrogen and oxygen atoms in total. The molecule has 3 heterocycles. The van der Waals surface area contributed by atoms with Crippen LogP contribution in [0.15, 0.2) is 52.1 Å². The lowest BCUT2D eigenvalue weighted by molar-refractivity contribution is 0.0952. The summed E-state index contributed by atoms with van der Waals surface area (Å²) in [5.74, 6) is -0.351. The number of aryl methyl sites for hydroxylation is 2. The number of carbonyl (C=O) groups is 1. The predicted octanol–water partition coefficient (Wildman–Crippen LogP) is 3.87. The Kier molecular flexibility index (Phi) is 6.47. The molecule has 1 aliphatic heterocycles. The molecule has 0 aliphatic carbocycles. The topological polar surface area (TPSA) is 69.7 Å². The summed E-state index contributed by atoms with van der Waals surface area (Å²) in [7, 11) is -3.73. The number of thiophene rings is 2. The van der Waals surface area contributed by atoms with Gasteiger partial charge in [-0.1, -0.05) is 18.2 Å². The first-order valence-corrected chi connectivity index (χ1v) is 13.3. The van der Waals surface area contributed by atoms with Crippen LogP contribution in [0.2, 0.25) is 0 Å². The smallest absolute Gasteiger partial charge is 0.263 e. The van der Waals surface area contributed by atoms with E-state index in [4.69, 9.17) is 0 Å². The third-order valence-corrected chi connectivity index (χ3v) is 9.26. The Morgan fingerprint density at radius 1 is 1.03 bits per heavy atom. The maximum atomic E-state index is 13.3. The first kappa shape index (κ1) is 22.0. The molecular formula is C22H25N3O3S3. The first-order chi connectivity index (χ1) is 14.9. The zero-order chi connectivity index (χ0) is 22.0. The third-order valence-electron chi connectivity index (χ3n) is 5.40. The monoisotopic (exact) mass is 475 g/mol. The second-order valence-corrected chi connectivity index (χ2v) is 11.4. The van der Waals surface area contributed by atoms with Crippen LogP contribution in [-0.4, -0.2) is 44.8 Å². The molecule has 1 aromatic carbocycles. The predicted molar refractivity (Wildman–Crippen MR) is 127 cm³/mol. The summed E-state index contributed by atoms with van der Waals surface area (Å²) < 4.78 is 28.1. The van der Waals surface area contributed by atoms with Crippen molar-refractivity contribution >= 4 is 44.3 Å². The van der Waals surface area contributed by atoms with Gasteiger partial charge in [-0.25, -0.2) is 8.42 Å². The highest BCUT2D eigenvalue weighted by atomic mass is 32.2. The summed E-state index contributed by atoms with van der Waals surface area (Å²) in [4.78, 5) is 16.3. The number of piperazine rings is 1. The van der Waals surface area contributed by atoms with Crippen LogP contribution in [0.3, 0.4) is 0 Å².